The topological polar surface area (TPSA) is 237 Å². The van der Waals surface area contributed by atoms with Crippen LogP contribution in [0.15, 0.2) is 0 Å². The Balaban J connectivity index is 5.16. The highest BCUT2D eigenvalue weighted by molar-refractivity contribution is 7.47. The second kappa shape index (κ2) is 77.2. The third-order valence-electron chi connectivity index (χ3n) is 19.6. The van der Waals surface area contributed by atoms with E-state index in [1.165, 1.54) is 270 Å². The van der Waals surface area contributed by atoms with Crippen molar-refractivity contribution in [1.82, 2.24) is 0 Å². The fourth-order valence-corrected chi connectivity index (χ4v) is 14.6. The molecule has 0 spiro atoms. The standard InChI is InChI=1S/C83H162O17P2/c1-5-9-13-17-21-24-27-30-33-35-37-39-41-44-46-49-52-56-60-64-68-81(86)94-74-79(100-83(88)70-66-62-58-54-51-48-45-42-40-38-36-34-31-28-25-22-18-14-10-6-2)76-98-102(91,92)96-72-77(84)71-95-101(89,90)97-75-78(73-93-80(85)67-63-59-55-20-16-12-8-4)99-82(87)69-65-61-57-53-50-47-43-32-29-26-23-19-15-11-7-3/h77-79,84H,5-76H2,1-4H3,(H,89,90)(H,91,92)/t77-,78+,79+/m0/s1. The number of ether oxygens (including phenoxy) is 4. The normalized spacial score (nSPS) is 13.8. The number of phosphoric ester groups is 2. The Bertz CT molecular complexity index is 1930. The van der Waals surface area contributed by atoms with Gasteiger partial charge in [-0.1, -0.05) is 400 Å². The van der Waals surface area contributed by atoms with Crippen molar-refractivity contribution in [2.75, 3.05) is 39.6 Å². The van der Waals surface area contributed by atoms with Crippen LogP contribution >= 0.6 is 15.6 Å². The SMILES string of the molecule is CCCCCCCCCCCCCCCCCCCCCCC(=O)OC[C@H](COP(=O)(O)OC[C@@H](O)COP(=O)(O)OC[C@@H](COC(=O)CCCCCCCCC)OC(=O)CCCCCCCCCCCCCCCCC)OC(=O)CCCCCCCCCCCCCCCCCCCCCC. The lowest BCUT2D eigenvalue weighted by Gasteiger charge is -2.21. The van der Waals surface area contributed by atoms with Crippen LogP contribution in [0, 0.1) is 0 Å². The fraction of sp³-hybridized carbons (Fsp3) is 0.952. The highest BCUT2D eigenvalue weighted by atomic mass is 31.2. The van der Waals surface area contributed by atoms with Gasteiger partial charge in [-0.2, -0.15) is 0 Å². The van der Waals surface area contributed by atoms with Crippen molar-refractivity contribution < 1.29 is 80.2 Å². The lowest BCUT2D eigenvalue weighted by Crippen LogP contribution is -2.30. The van der Waals surface area contributed by atoms with Gasteiger partial charge in [-0.3, -0.25) is 37.3 Å². The van der Waals surface area contributed by atoms with Crippen molar-refractivity contribution in [2.45, 2.75) is 470 Å². The first kappa shape index (κ1) is 100. The summed E-state index contributed by atoms with van der Waals surface area (Å²) in [4.78, 5) is 72.9. The lowest BCUT2D eigenvalue weighted by molar-refractivity contribution is -0.161. The molecule has 0 aliphatic heterocycles. The summed E-state index contributed by atoms with van der Waals surface area (Å²) in [6.45, 7) is 5.00. The molecule has 5 atom stereocenters. The number of carbonyl (C=O) groups excluding carboxylic acids is 4. The number of phosphoric acid groups is 2. The second-order valence-corrected chi connectivity index (χ2v) is 32.8. The van der Waals surface area contributed by atoms with Crippen molar-refractivity contribution >= 4 is 39.5 Å². The third kappa shape index (κ3) is 76.3. The molecular formula is C83H162O17P2. The molecule has 0 radical (unpaired) electrons. The Morgan fingerprint density at radius 1 is 0.235 bits per heavy atom. The molecule has 0 bridgehead atoms. The predicted molar refractivity (Wildman–Crippen MR) is 419 cm³/mol. The summed E-state index contributed by atoms with van der Waals surface area (Å²) < 4.78 is 68.7. The maximum absolute atomic E-state index is 13.1. The Labute approximate surface area is 626 Å². The molecular weight excluding hydrogens is 1330 g/mol. The summed E-state index contributed by atoms with van der Waals surface area (Å²) in [5.74, 6) is -2.11. The summed E-state index contributed by atoms with van der Waals surface area (Å²) in [5.41, 5.74) is 0. The summed E-state index contributed by atoms with van der Waals surface area (Å²) in [6.07, 6.45) is 71.1. The van der Waals surface area contributed by atoms with Gasteiger partial charge in [-0.15, -0.1) is 0 Å². The van der Waals surface area contributed by atoms with Gasteiger partial charge in [0.05, 0.1) is 26.4 Å². The minimum atomic E-state index is -4.96. The average Bonchev–Trinajstić information content (AvgIpc) is 0.936. The molecule has 0 rings (SSSR count). The average molecular weight is 1490 g/mol. The zero-order valence-corrected chi connectivity index (χ0v) is 68.4. The number of unbranched alkanes of at least 4 members (excludes halogenated alkanes) is 58. The van der Waals surface area contributed by atoms with E-state index in [1.54, 1.807) is 0 Å². The molecule has 17 nitrogen and oxygen atoms in total. The molecule has 0 aliphatic rings. The van der Waals surface area contributed by atoms with Gasteiger partial charge < -0.3 is 33.8 Å². The summed E-state index contributed by atoms with van der Waals surface area (Å²) in [7, 11) is -9.91. The molecule has 0 aromatic heterocycles. The number of aliphatic hydroxyl groups is 1. The van der Waals surface area contributed by atoms with Gasteiger partial charge >= 0.3 is 39.5 Å². The molecule has 0 aromatic rings. The molecule has 0 fully saturated rings. The van der Waals surface area contributed by atoms with Crippen molar-refractivity contribution in [3.8, 4) is 0 Å². The molecule has 102 heavy (non-hydrogen) atoms. The van der Waals surface area contributed by atoms with Gasteiger partial charge in [0, 0.05) is 25.7 Å². The van der Waals surface area contributed by atoms with Crippen LogP contribution in [0.3, 0.4) is 0 Å². The molecule has 3 N–H and O–H groups in total. The van der Waals surface area contributed by atoms with Crippen molar-refractivity contribution in [3.05, 3.63) is 0 Å². The van der Waals surface area contributed by atoms with E-state index < -0.39 is 97.5 Å². The second-order valence-electron chi connectivity index (χ2n) is 29.9. The Kier molecular flexibility index (Phi) is 75.8. The molecule has 0 saturated carbocycles. The molecule has 2 unspecified atom stereocenters. The third-order valence-corrected chi connectivity index (χ3v) is 21.5. The summed E-state index contributed by atoms with van der Waals surface area (Å²) in [5, 5.41) is 10.6. The van der Waals surface area contributed by atoms with Crippen LogP contribution in [0.25, 0.3) is 0 Å². The first-order chi connectivity index (χ1) is 49.7. The Hall–Kier alpha value is -1.94. The quantitative estimate of drug-likeness (QED) is 0.0222. The van der Waals surface area contributed by atoms with E-state index in [1.807, 2.05) is 0 Å². The van der Waals surface area contributed by atoms with Crippen molar-refractivity contribution in [3.63, 3.8) is 0 Å². The van der Waals surface area contributed by atoms with Crippen LogP contribution in [0.1, 0.15) is 451 Å². The van der Waals surface area contributed by atoms with Crippen molar-refractivity contribution in [1.29, 1.82) is 0 Å². The minimum absolute atomic E-state index is 0.108. The van der Waals surface area contributed by atoms with E-state index in [0.717, 1.165) is 103 Å². The van der Waals surface area contributed by atoms with Crippen LogP contribution in [-0.2, 0) is 65.4 Å². The van der Waals surface area contributed by atoms with Crippen LogP contribution < -0.4 is 0 Å². The van der Waals surface area contributed by atoms with Gasteiger partial charge in [-0.05, 0) is 25.7 Å². The zero-order valence-electron chi connectivity index (χ0n) is 66.6. The first-order valence-corrected chi connectivity index (χ1v) is 46.3. The van der Waals surface area contributed by atoms with E-state index in [4.69, 9.17) is 37.0 Å². The molecule has 19 heteroatoms. The Morgan fingerprint density at radius 3 is 0.578 bits per heavy atom. The fourth-order valence-electron chi connectivity index (χ4n) is 13.0. The van der Waals surface area contributed by atoms with Gasteiger partial charge in [0.15, 0.2) is 12.2 Å². The maximum Gasteiger partial charge on any atom is 0.472 e. The summed E-state index contributed by atoms with van der Waals surface area (Å²) in [6, 6.07) is 0. The van der Waals surface area contributed by atoms with Crippen molar-refractivity contribution in [2.24, 2.45) is 0 Å². The van der Waals surface area contributed by atoms with Crippen LogP contribution in [0.5, 0.6) is 0 Å². The predicted octanol–water partition coefficient (Wildman–Crippen LogP) is 25.4. The van der Waals surface area contributed by atoms with E-state index in [-0.39, 0.29) is 25.7 Å². The maximum atomic E-state index is 13.1. The number of carbonyl (C=O) groups is 4. The first-order valence-electron chi connectivity index (χ1n) is 43.3. The summed E-state index contributed by atoms with van der Waals surface area (Å²) >= 11 is 0. The largest absolute Gasteiger partial charge is 0.472 e. The van der Waals surface area contributed by atoms with Gasteiger partial charge in [0.2, 0.25) is 0 Å². The number of hydrogen-bond acceptors (Lipinski definition) is 15. The van der Waals surface area contributed by atoms with Gasteiger partial charge in [-0.25, -0.2) is 9.13 Å². The Morgan fingerprint density at radius 2 is 0.392 bits per heavy atom. The van der Waals surface area contributed by atoms with Crippen LogP contribution in [-0.4, -0.2) is 96.7 Å². The number of hydrogen-bond donors (Lipinski definition) is 3. The van der Waals surface area contributed by atoms with E-state index in [2.05, 4.69) is 27.7 Å². The van der Waals surface area contributed by atoms with Gasteiger partial charge in [0.1, 0.15) is 19.3 Å². The highest BCUT2D eigenvalue weighted by Crippen LogP contribution is 2.45. The molecule has 0 amide bonds. The lowest BCUT2D eigenvalue weighted by atomic mass is 10.0. The molecule has 0 aliphatic carbocycles. The molecule has 606 valence electrons. The molecule has 0 saturated heterocycles. The molecule has 0 aromatic carbocycles. The van der Waals surface area contributed by atoms with Gasteiger partial charge in [0.25, 0.3) is 0 Å². The highest BCUT2D eigenvalue weighted by Gasteiger charge is 2.30. The van der Waals surface area contributed by atoms with E-state index in [9.17, 15) is 43.2 Å². The monoisotopic (exact) mass is 1490 g/mol. The number of aliphatic hydroxyl groups excluding tert-OH is 1. The number of rotatable bonds is 84. The van der Waals surface area contributed by atoms with E-state index >= 15 is 0 Å². The van der Waals surface area contributed by atoms with Crippen LogP contribution in [0.2, 0.25) is 0 Å². The smallest absolute Gasteiger partial charge is 0.462 e. The molecule has 0 heterocycles. The minimum Gasteiger partial charge on any atom is -0.462 e. The van der Waals surface area contributed by atoms with Crippen LogP contribution in [0.4, 0.5) is 0 Å². The number of esters is 4. The van der Waals surface area contributed by atoms with E-state index in [0.29, 0.717) is 25.7 Å². The zero-order chi connectivity index (χ0) is 74.6.